The molecule has 0 aromatic heterocycles. The predicted octanol–water partition coefficient (Wildman–Crippen LogP) is 3.27. The van der Waals surface area contributed by atoms with Crippen molar-refractivity contribution in [1.82, 2.24) is 0 Å². The van der Waals surface area contributed by atoms with Crippen LogP contribution in [0.3, 0.4) is 0 Å². The Kier molecular flexibility index (Phi) is 1.80. The summed E-state index contributed by atoms with van der Waals surface area (Å²) in [6, 6.07) is 6.38. The quantitative estimate of drug-likeness (QED) is 0.676. The third kappa shape index (κ3) is 1.27. The minimum atomic E-state index is -4.27. The van der Waals surface area contributed by atoms with Gasteiger partial charge in [0.05, 0.1) is 0 Å². The van der Waals surface area contributed by atoms with E-state index in [1.807, 2.05) is 0 Å². The molecule has 1 aliphatic rings. The molecule has 0 aliphatic carbocycles. The molecule has 1 aromatic carbocycles. The van der Waals surface area contributed by atoms with Gasteiger partial charge in [-0.1, -0.05) is 24.8 Å². The molecule has 0 amide bonds. The summed E-state index contributed by atoms with van der Waals surface area (Å²) in [6.07, 6.45) is -4.27. The molecule has 1 atom stereocenters. The van der Waals surface area contributed by atoms with Crippen LogP contribution in [0.25, 0.3) is 0 Å². The Balaban J connectivity index is 2.50. The standard InChI is InChI=1S/C10H8F3N/c1-6-9(10(11,12)13)7-4-2-3-5-8(7)14-6/h2-5,9,14H,1H2. The van der Waals surface area contributed by atoms with E-state index < -0.39 is 12.1 Å². The number of allylic oxidation sites excluding steroid dienone is 1. The molecule has 1 aromatic rings. The molecule has 1 unspecified atom stereocenters. The zero-order valence-electron chi connectivity index (χ0n) is 7.23. The zero-order chi connectivity index (χ0) is 10.3. The summed E-state index contributed by atoms with van der Waals surface area (Å²) in [4.78, 5) is 0. The van der Waals surface area contributed by atoms with Crippen LogP contribution in [0.2, 0.25) is 0 Å². The van der Waals surface area contributed by atoms with E-state index in [4.69, 9.17) is 0 Å². The number of fused-ring (bicyclic) bond motifs is 1. The molecular formula is C10H8F3N. The van der Waals surface area contributed by atoms with E-state index in [2.05, 4.69) is 11.9 Å². The topological polar surface area (TPSA) is 12.0 Å². The van der Waals surface area contributed by atoms with Gasteiger partial charge in [-0.15, -0.1) is 0 Å². The molecule has 4 heteroatoms. The van der Waals surface area contributed by atoms with Crippen molar-refractivity contribution in [1.29, 1.82) is 0 Å². The van der Waals surface area contributed by atoms with Crippen LogP contribution in [0, 0.1) is 0 Å². The first kappa shape index (κ1) is 9.12. The molecule has 14 heavy (non-hydrogen) atoms. The number of para-hydroxylation sites is 1. The monoisotopic (exact) mass is 199 g/mol. The molecule has 0 radical (unpaired) electrons. The van der Waals surface area contributed by atoms with E-state index in [-0.39, 0.29) is 11.3 Å². The number of benzene rings is 1. The van der Waals surface area contributed by atoms with Crippen LogP contribution in [-0.4, -0.2) is 6.18 Å². The number of halogens is 3. The summed E-state index contributed by atoms with van der Waals surface area (Å²) in [6.45, 7) is 3.39. The van der Waals surface area contributed by atoms with Crippen molar-refractivity contribution in [2.75, 3.05) is 5.32 Å². The van der Waals surface area contributed by atoms with E-state index in [1.54, 1.807) is 18.2 Å². The van der Waals surface area contributed by atoms with Crippen molar-refractivity contribution in [3.05, 3.63) is 42.1 Å². The maximum absolute atomic E-state index is 12.6. The largest absolute Gasteiger partial charge is 0.401 e. The van der Waals surface area contributed by atoms with Gasteiger partial charge in [0.25, 0.3) is 0 Å². The summed E-state index contributed by atoms with van der Waals surface area (Å²) in [5, 5.41) is 2.64. The predicted molar refractivity (Wildman–Crippen MR) is 48.0 cm³/mol. The lowest BCUT2D eigenvalue weighted by molar-refractivity contribution is -0.140. The number of alkyl halides is 3. The van der Waals surface area contributed by atoms with Gasteiger partial charge in [-0.2, -0.15) is 13.2 Å². The summed E-state index contributed by atoms with van der Waals surface area (Å²) < 4.78 is 37.8. The Morgan fingerprint density at radius 1 is 1.21 bits per heavy atom. The maximum Gasteiger partial charge on any atom is 0.401 e. The second kappa shape index (κ2) is 2.77. The first-order chi connectivity index (χ1) is 6.50. The van der Waals surface area contributed by atoms with Crippen LogP contribution in [0.1, 0.15) is 11.5 Å². The zero-order valence-corrected chi connectivity index (χ0v) is 7.23. The van der Waals surface area contributed by atoms with Gasteiger partial charge >= 0.3 is 6.18 Å². The fourth-order valence-electron chi connectivity index (χ4n) is 1.67. The maximum atomic E-state index is 12.6. The highest BCUT2D eigenvalue weighted by Crippen LogP contribution is 2.46. The smallest absolute Gasteiger partial charge is 0.358 e. The van der Waals surface area contributed by atoms with Crippen molar-refractivity contribution in [3.63, 3.8) is 0 Å². The molecule has 0 fully saturated rings. The minimum absolute atomic E-state index is 0.00120. The SMILES string of the molecule is C=C1Nc2ccccc2C1C(F)(F)F. The Labute approximate surface area is 79.2 Å². The van der Waals surface area contributed by atoms with Crippen LogP contribution in [-0.2, 0) is 0 Å². The number of hydrogen-bond donors (Lipinski definition) is 1. The van der Waals surface area contributed by atoms with E-state index >= 15 is 0 Å². The van der Waals surface area contributed by atoms with E-state index in [1.165, 1.54) is 6.07 Å². The van der Waals surface area contributed by atoms with Crippen LogP contribution in [0.5, 0.6) is 0 Å². The van der Waals surface area contributed by atoms with Crippen LogP contribution in [0.4, 0.5) is 18.9 Å². The molecule has 1 N–H and O–H groups in total. The second-order valence-corrected chi connectivity index (χ2v) is 3.21. The molecule has 0 spiro atoms. The summed E-state index contributed by atoms with van der Waals surface area (Å²) >= 11 is 0. The fourth-order valence-corrected chi connectivity index (χ4v) is 1.67. The van der Waals surface area contributed by atoms with Gasteiger partial charge in [0, 0.05) is 11.4 Å². The Bertz CT molecular complexity index is 381. The molecule has 0 saturated heterocycles. The lowest BCUT2D eigenvalue weighted by Gasteiger charge is -2.15. The van der Waals surface area contributed by atoms with Gasteiger partial charge in [-0.25, -0.2) is 0 Å². The van der Waals surface area contributed by atoms with Gasteiger partial charge < -0.3 is 5.32 Å². The first-order valence-electron chi connectivity index (χ1n) is 4.11. The molecule has 0 saturated carbocycles. The number of anilines is 1. The lowest BCUT2D eigenvalue weighted by atomic mass is 9.99. The molecule has 1 aliphatic heterocycles. The van der Waals surface area contributed by atoms with Gasteiger partial charge in [-0.05, 0) is 11.6 Å². The third-order valence-electron chi connectivity index (χ3n) is 2.24. The van der Waals surface area contributed by atoms with Crippen LogP contribution in [0.15, 0.2) is 36.5 Å². The van der Waals surface area contributed by atoms with Gasteiger partial charge in [0.15, 0.2) is 0 Å². The van der Waals surface area contributed by atoms with Crippen molar-refractivity contribution < 1.29 is 13.2 Å². The summed E-state index contributed by atoms with van der Waals surface area (Å²) in [5.41, 5.74) is 0.753. The Morgan fingerprint density at radius 3 is 2.50 bits per heavy atom. The second-order valence-electron chi connectivity index (χ2n) is 3.21. The Hall–Kier alpha value is -1.45. The number of hydrogen-bond acceptors (Lipinski definition) is 1. The number of nitrogens with one attached hydrogen (secondary N) is 1. The molecule has 2 rings (SSSR count). The first-order valence-corrected chi connectivity index (χ1v) is 4.11. The van der Waals surface area contributed by atoms with Crippen molar-refractivity contribution >= 4 is 5.69 Å². The van der Waals surface area contributed by atoms with Crippen molar-refractivity contribution in [2.45, 2.75) is 12.1 Å². The molecular weight excluding hydrogens is 191 g/mol. The van der Waals surface area contributed by atoms with E-state index in [9.17, 15) is 13.2 Å². The fraction of sp³-hybridized carbons (Fsp3) is 0.200. The highest BCUT2D eigenvalue weighted by atomic mass is 19.4. The lowest BCUT2D eigenvalue weighted by Crippen LogP contribution is -2.20. The highest BCUT2D eigenvalue weighted by Gasteiger charge is 2.46. The average Bonchev–Trinajstić information content (AvgIpc) is 2.38. The van der Waals surface area contributed by atoms with Gasteiger partial charge in [0.2, 0.25) is 0 Å². The third-order valence-corrected chi connectivity index (χ3v) is 2.24. The summed E-state index contributed by atoms with van der Waals surface area (Å²) in [7, 11) is 0. The average molecular weight is 199 g/mol. The van der Waals surface area contributed by atoms with Gasteiger partial charge in [-0.3, -0.25) is 0 Å². The molecule has 0 bridgehead atoms. The van der Waals surface area contributed by atoms with Crippen LogP contribution < -0.4 is 5.32 Å². The van der Waals surface area contributed by atoms with Crippen LogP contribution >= 0.6 is 0 Å². The van der Waals surface area contributed by atoms with Crippen molar-refractivity contribution in [3.8, 4) is 0 Å². The van der Waals surface area contributed by atoms with Crippen molar-refractivity contribution in [2.24, 2.45) is 0 Å². The molecule has 74 valence electrons. The van der Waals surface area contributed by atoms with E-state index in [0.29, 0.717) is 5.69 Å². The highest BCUT2D eigenvalue weighted by molar-refractivity contribution is 5.65. The van der Waals surface area contributed by atoms with Gasteiger partial charge in [0.1, 0.15) is 5.92 Å². The Morgan fingerprint density at radius 2 is 1.86 bits per heavy atom. The van der Waals surface area contributed by atoms with E-state index in [0.717, 1.165) is 0 Å². The summed E-state index contributed by atoms with van der Waals surface area (Å²) in [5.74, 6) is -1.57. The minimum Gasteiger partial charge on any atom is -0.358 e. The molecule has 1 nitrogen and oxygen atoms in total. The number of rotatable bonds is 0. The molecule has 1 heterocycles. The normalized spacial score (nSPS) is 20.5.